The third-order valence-corrected chi connectivity index (χ3v) is 2.63. The van der Waals surface area contributed by atoms with Gasteiger partial charge in [-0.15, -0.1) is 0 Å². The van der Waals surface area contributed by atoms with Gasteiger partial charge in [0.05, 0.1) is 13.7 Å². The van der Waals surface area contributed by atoms with Crippen LogP contribution in [0.25, 0.3) is 0 Å². The summed E-state index contributed by atoms with van der Waals surface area (Å²) in [5.74, 6) is -1.08. The molecule has 0 aromatic carbocycles. The van der Waals surface area contributed by atoms with Crippen LogP contribution in [0.4, 0.5) is 0 Å². The Balaban J connectivity index is 2.04. The molecule has 1 N–H and O–H groups in total. The smallest absolute Gasteiger partial charge is 0.331 e. The standard InChI is InChI=1S/C12H20N2O4/c1-17-11(15)3-4-12(16)18-10-2-7-14-8-5-13-6-9-14/h3-4,13H,2,5-10H2,1H3/b4-3+. The van der Waals surface area contributed by atoms with Crippen LogP contribution in [0.5, 0.6) is 0 Å². The first-order chi connectivity index (χ1) is 8.72. The Morgan fingerprint density at radius 3 is 2.56 bits per heavy atom. The summed E-state index contributed by atoms with van der Waals surface area (Å²) in [5.41, 5.74) is 0. The molecule has 1 heterocycles. The summed E-state index contributed by atoms with van der Waals surface area (Å²) in [5, 5.41) is 3.28. The zero-order chi connectivity index (χ0) is 13.2. The molecule has 0 saturated carbocycles. The van der Waals surface area contributed by atoms with E-state index in [1.165, 1.54) is 7.11 Å². The minimum atomic E-state index is -0.562. The summed E-state index contributed by atoms with van der Waals surface area (Å²) in [6, 6.07) is 0. The molecule has 1 saturated heterocycles. The lowest BCUT2D eigenvalue weighted by atomic mass is 10.3. The van der Waals surface area contributed by atoms with E-state index >= 15 is 0 Å². The van der Waals surface area contributed by atoms with Gasteiger partial charge in [-0.05, 0) is 6.42 Å². The predicted octanol–water partition coefficient (Wildman–Crippen LogP) is -0.446. The lowest BCUT2D eigenvalue weighted by Gasteiger charge is -2.26. The second-order valence-corrected chi connectivity index (χ2v) is 3.97. The van der Waals surface area contributed by atoms with Crippen molar-refractivity contribution in [3.05, 3.63) is 12.2 Å². The molecule has 1 rings (SSSR count). The van der Waals surface area contributed by atoms with Crippen molar-refractivity contribution in [1.29, 1.82) is 0 Å². The molecule has 1 aliphatic rings. The molecule has 0 bridgehead atoms. The highest BCUT2D eigenvalue weighted by Crippen LogP contribution is 1.95. The van der Waals surface area contributed by atoms with Crippen LogP contribution in [-0.4, -0.2) is 63.3 Å². The molecule has 0 unspecified atom stereocenters. The highest BCUT2D eigenvalue weighted by molar-refractivity contribution is 5.91. The minimum absolute atomic E-state index is 0.369. The topological polar surface area (TPSA) is 67.9 Å². The van der Waals surface area contributed by atoms with Crippen LogP contribution < -0.4 is 5.32 Å². The number of carbonyl (C=O) groups excluding carboxylic acids is 2. The Hall–Kier alpha value is -1.40. The van der Waals surface area contributed by atoms with Crippen LogP contribution in [0, 0.1) is 0 Å². The summed E-state index contributed by atoms with van der Waals surface area (Å²) >= 11 is 0. The average Bonchev–Trinajstić information content (AvgIpc) is 2.42. The fourth-order valence-corrected chi connectivity index (χ4v) is 1.65. The second-order valence-electron chi connectivity index (χ2n) is 3.97. The number of hydrogen-bond donors (Lipinski definition) is 1. The van der Waals surface area contributed by atoms with Crippen LogP contribution in [-0.2, 0) is 19.1 Å². The number of rotatable bonds is 6. The number of nitrogens with zero attached hydrogens (tertiary/aromatic N) is 1. The first-order valence-electron chi connectivity index (χ1n) is 6.08. The quantitative estimate of drug-likeness (QED) is 0.394. The molecular weight excluding hydrogens is 236 g/mol. The summed E-state index contributed by atoms with van der Waals surface area (Å²) in [4.78, 5) is 24.2. The van der Waals surface area contributed by atoms with Gasteiger partial charge in [-0.25, -0.2) is 9.59 Å². The molecule has 0 spiro atoms. The third kappa shape index (κ3) is 6.36. The lowest BCUT2D eigenvalue weighted by molar-refractivity contribution is -0.139. The molecule has 0 radical (unpaired) electrons. The van der Waals surface area contributed by atoms with Crippen molar-refractivity contribution in [1.82, 2.24) is 10.2 Å². The monoisotopic (exact) mass is 256 g/mol. The first-order valence-corrected chi connectivity index (χ1v) is 6.08. The van der Waals surface area contributed by atoms with Crippen molar-refractivity contribution < 1.29 is 19.1 Å². The van der Waals surface area contributed by atoms with E-state index in [4.69, 9.17) is 4.74 Å². The van der Waals surface area contributed by atoms with Crippen molar-refractivity contribution in [3.8, 4) is 0 Å². The average molecular weight is 256 g/mol. The van der Waals surface area contributed by atoms with Crippen molar-refractivity contribution >= 4 is 11.9 Å². The van der Waals surface area contributed by atoms with Crippen molar-refractivity contribution in [3.63, 3.8) is 0 Å². The van der Waals surface area contributed by atoms with Crippen LogP contribution in [0.2, 0.25) is 0 Å². The van der Waals surface area contributed by atoms with Crippen LogP contribution in [0.3, 0.4) is 0 Å². The van der Waals surface area contributed by atoms with E-state index in [2.05, 4.69) is 15.0 Å². The maximum absolute atomic E-state index is 11.2. The molecule has 0 aliphatic carbocycles. The van der Waals surface area contributed by atoms with Gasteiger partial charge in [0, 0.05) is 44.9 Å². The van der Waals surface area contributed by atoms with E-state index in [1.807, 2.05) is 0 Å². The Bertz CT molecular complexity index is 298. The second kappa shape index (κ2) is 8.66. The van der Waals surface area contributed by atoms with E-state index < -0.39 is 11.9 Å². The third-order valence-electron chi connectivity index (χ3n) is 2.63. The van der Waals surface area contributed by atoms with Crippen molar-refractivity contribution in [2.24, 2.45) is 0 Å². The van der Waals surface area contributed by atoms with E-state index in [9.17, 15) is 9.59 Å². The van der Waals surface area contributed by atoms with Gasteiger partial charge in [-0.3, -0.25) is 0 Å². The first kappa shape index (κ1) is 14.7. The maximum atomic E-state index is 11.2. The van der Waals surface area contributed by atoms with Gasteiger partial charge < -0.3 is 19.7 Å². The molecule has 18 heavy (non-hydrogen) atoms. The predicted molar refractivity (Wildman–Crippen MR) is 66.0 cm³/mol. The Kier molecular flexibility index (Phi) is 7.05. The molecule has 1 aliphatic heterocycles. The van der Waals surface area contributed by atoms with Gasteiger partial charge in [0.2, 0.25) is 0 Å². The number of hydrogen-bond acceptors (Lipinski definition) is 6. The largest absolute Gasteiger partial charge is 0.466 e. The number of ether oxygens (including phenoxy) is 2. The van der Waals surface area contributed by atoms with Crippen molar-refractivity contribution in [2.75, 3.05) is 46.4 Å². The summed E-state index contributed by atoms with van der Waals surface area (Å²) in [6.07, 6.45) is 2.94. The van der Waals surface area contributed by atoms with Crippen LogP contribution in [0.1, 0.15) is 6.42 Å². The molecule has 0 aromatic rings. The molecule has 1 fully saturated rings. The maximum Gasteiger partial charge on any atom is 0.331 e. The Morgan fingerprint density at radius 1 is 1.22 bits per heavy atom. The van der Waals surface area contributed by atoms with Gasteiger partial charge >= 0.3 is 11.9 Å². The summed E-state index contributed by atoms with van der Waals surface area (Å²) < 4.78 is 9.31. The number of nitrogens with one attached hydrogen (secondary N) is 1. The van der Waals surface area contributed by atoms with Gasteiger partial charge in [0.15, 0.2) is 0 Å². The van der Waals surface area contributed by atoms with Crippen molar-refractivity contribution in [2.45, 2.75) is 6.42 Å². The highest BCUT2D eigenvalue weighted by atomic mass is 16.5. The van der Waals surface area contributed by atoms with Crippen LogP contribution >= 0.6 is 0 Å². The molecule has 0 aromatic heterocycles. The molecular formula is C12H20N2O4. The Morgan fingerprint density at radius 2 is 1.89 bits per heavy atom. The van der Waals surface area contributed by atoms with Gasteiger partial charge in [0.25, 0.3) is 0 Å². The minimum Gasteiger partial charge on any atom is -0.466 e. The summed E-state index contributed by atoms with van der Waals surface area (Å²) in [7, 11) is 1.26. The normalized spacial score (nSPS) is 16.7. The number of piperazine rings is 1. The summed E-state index contributed by atoms with van der Waals surface area (Å²) in [6.45, 7) is 5.40. The molecule has 6 nitrogen and oxygen atoms in total. The zero-order valence-corrected chi connectivity index (χ0v) is 10.7. The number of esters is 2. The van der Waals surface area contributed by atoms with Gasteiger partial charge in [0.1, 0.15) is 0 Å². The van der Waals surface area contributed by atoms with Crippen LogP contribution in [0.15, 0.2) is 12.2 Å². The van der Waals surface area contributed by atoms with Gasteiger partial charge in [-0.1, -0.05) is 0 Å². The van der Waals surface area contributed by atoms with Gasteiger partial charge in [-0.2, -0.15) is 0 Å². The fourth-order valence-electron chi connectivity index (χ4n) is 1.65. The van der Waals surface area contributed by atoms with E-state index in [-0.39, 0.29) is 0 Å². The highest BCUT2D eigenvalue weighted by Gasteiger charge is 2.08. The van der Waals surface area contributed by atoms with E-state index in [1.54, 1.807) is 0 Å². The molecule has 0 amide bonds. The fraction of sp³-hybridized carbons (Fsp3) is 0.667. The van der Waals surface area contributed by atoms with E-state index in [0.29, 0.717) is 6.61 Å². The molecule has 6 heteroatoms. The number of methoxy groups -OCH3 is 1. The molecule has 0 atom stereocenters. The molecule has 102 valence electrons. The SMILES string of the molecule is COC(=O)/C=C/C(=O)OCCCN1CCNCC1. The Labute approximate surface area is 107 Å². The lowest BCUT2D eigenvalue weighted by Crippen LogP contribution is -2.43. The zero-order valence-electron chi connectivity index (χ0n) is 10.7. The van der Waals surface area contributed by atoms with E-state index in [0.717, 1.165) is 51.3 Å². The number of carbonyl (C=O) groups is 2.